The molecule has 0 saturated carbocycles. The van der Waals surface area contributed by atoms with E-state index in [4.69, 9.17) is 47.4 Å². The van der Waals surface area contributed by atoms with Crippen LogP contribution in [0.3, 0.4) is 0 Å². The molecule has 2 heterocycles. The SMILES string of the molecule is CC(=O)OC[C@H]1O[C@@H](SCCC(=O)NCCCN(CCCNC(=O)CCS[C@@H]2O[C@H](COC(C)=O)[C@@H](OC(C)=O)[C@H](OC(C)=O)[C@H]2OC(C)=O)CC(=O)O)[C@H](OC(C)=O)[C@@H](OC(C)=O)[C@@H]1OC(C)=O. The highest BCUT2D eigenvalue weighted by atomic mass is 32.2. The Hall–Kier alpha value is -5.25. The predicted octanol–water partition coefficient (Wildman–Crippen LogP) is -0.202. The van der Waals surface area contributed by atoms with Gasteiger partial charge in [0.05, 0.1) is 6.54 Å². The number of hydrogen-bond acceptors (Lipinski definition) is 24. The average molecular weight is 1030 g/mol. The Labute approximate surface area is 407 Å². The Bertz CT molecular complexity index is 1690. The zero-order chi connectivity index (χ0) is 51.8. The third-order valence-corrected chi connectivity index (χ3v) is 11.7. The fraction of sp³-hybridized carbons (Fsp3) is 0.738. The van der Waals surface area contributed by atoms with E-state index < -0.39 is 127 Å². The van der Waals surface area contributed by atoms with Gasteiger partial charge >= 0.3 is 53.7 Å². The van der Waals surface area contributed by atoms with E-state index in [2.05, 4.69) is 10.6 Å². The van der Waals surface area contributed by atoms with Crippen molar-refractivity contribution in [3.63, 3.8) is 0 Å². The molecule has 3 N–H and O–H groups in total. The Morgan fingerprint density at radius 2 is 0.797 bits per heavy atom. The lowest BCUT2D eigenvalue weighted by molar-refractivity contribution is -0.237. The molecule has 2 saturated heterocycles. The van der Waals surface area contributed by atoms with Crippen molar-refractivity contribution in [3.05, 3.63) is 0 Å². The summed E-state index contributed by atoms with van der Waals surface area (Å²) in [5.74, 6) is -7.52. The lowest BCUT2D eigenvalue weighted by atomic mass is 9.99. The number of carboxylic acids is 1. The molecule has 0 aromatic carbocycles. The summed E-state index contributed by atoms with van der Waals surface area (Å²) < 4.78 is 54.7. The van der Waals surface area contributed by atoms with Gasteiger partial charge in [-0.25, -0.2) is 0 Å². The van der Waals surface area contributed by atoms with Crippen molar-refractivity contribution < 1.29 is 105 Å². The van der Waals surface area contributed by atoms with Crippen molar-refractivity contribution in [2.75, 3.05) is 57.4 Å². The second-order valence-corrected chi connectivity index (χ2v) is 17.9. The molecule has 2 aliphatic rings. The van der Waals surface area contributed by atoms with Crippen LogP contribution in [0.25, 0.3) is 0 Å². The molecule has 10 atom stereocenters. The second kappa shape index (κ2) is 31.1. The average Bonchev–Trinajstić information content (AvgIpc) is 3.22. The third-order valence-electron chi connectivity index (χ3n) is 9.42. The van der Waals surface area contributed by atoms with Crippen molar-refractivity contribution in [2.24, 2.45) is 0 Å². The van der Waals surface area contributed by atoms with Gasteiger partial charge in [0, 0.05) is 106 Å². The minimum atomic E-state index is -1.34. The molecule has 0 aromatic rings. The van der Waals surface area contributed by atoms with Crippen LogP contribution in [0.4, 0.5) is 0 Å². The van der Waals surface area contributed by atoms with E-state index in [0.717, 1.165) is 78.9 Å². The largest absolute Gasteiger partial charge is 0.480 e. The molecule has 0 radical (unpaired) electrons. The molecule has 27 heteroatoms. The summed E-state index contributed by atoms with van der Waals surface area (Å²) in [5, 5.41) is 15.0. The van der Waals surface area contributed by atoms with Gasteiger partial charge < -0.3 is 63.1 Å². The van der Waals surface area contributed by atoms with Crippen molar-refractivity contribution >= 4 is 89.1 Å². The summed E-state index contributed by atoms with van der Waals surface area (Å²) in [6, 6.07) is 0. The van der Waals surface area contributed by atoms with Crippen LogP contribution in [-0.2, 0) is 100 Å². The molecule has 69 heavy (non-hydrogen) atoms. The number of aliphatic carboxylic acids is 1. The molecular weight excluding hydrogens is 963 g/mol. The fourth-order valence-electron chi connectivity index (χ4n) is 6.88. The van der Waals surface area contributed by atoms with Gasteiger partial charge in [-0.05, 0) is 12.8 Å². The summed E-state index contributed by atoms with van der Waals surface area (Å²) >= 11 is 2.09. The summed E-state index contributed by atoms with van der Waals surface area (Å²) in [7, 11) is 0. The number of esters is 8. The molecule has 0 aromatic heterocycles. The first kappa shape index (κ1) is 59.9. The van der Waals surface area contributed by atoms with Crippen LogP contribution in [0.15, 0.2) is 0 Å². The van der Waals surface area contributed by atoms with Gasteiger partial charge in [0.25, 0.3) is 0 Å². The first-order valence-electron chi connectivity index (χ1n) is 21.8. The lowest BCUT2D eigenvalue weighted by Gasteiger charge is -2.44. The summed E-state index contributed by atoms with van der Waals surface area (Å²) in [6.45, 7) is 8.83. The topological polar surface area (TPSA) is 328 Å². The van der Waals surface area contributed by atoms with E-state index in [-0.39, 0.29) is 68.9 Å². The van der Waals surface area contributed by atoms with Crippen LogP contribution in [-0.4, -0.2) is 193 Å². The van der Waals surface area contributed by atoms with Crippen LogP contribution < -0.4 is 10.6 Å². The van der Waals surface area contributed by atoms with Crippen LogP contribution >= 0.6 is 23.5 Å². The van der Waals surface area contributed by atoms with Gasteiger partial charge in [0.1, 0.15) is 36.3 Å². The number of amides is 2. The van der Waals surface area contributed by atoms with E-state index in [0.29, 0.717) is 12.8 Å². The highest BCUT2D eigenvalue weighted by Crippen LogP contribution is 2.36. The molecule has 390 valence electrons. The zero-order valence-corrected chi connectivity index (χ0v) is 41.4. The Morgan fingerprint density at radius 3 is 1.10 bits per heavy atom. The molecule has 0 unspecified atom stereocenters. The van der Waals surface area contributed by atoms with E-state index in [1.54, 1.807) is 4.90 Å². The molecule has 0 bridgehead atoms. The Kier molecular flexibility index (Phi) is 27.0. The predicted molar refractivity (Wildman–Crippen MR) is 237 cm³/mol. The van der Waals surface area contributed by atoms with Crippen molar-refractivity contribution in [3.8, 4) is 0 Å². The van der Waals surface area contributed by atoms with Gasteiger partial charge in [-0.1, -0.05) is 0 Å². The number of thioether (sulfide) groups is 2. The molecule has 25 nitrogen and oxygen atoms in total. The minimum Gasteiger partial charge on any atom is -0.480 e. The second-order valence-electron chi connectivity index (χ2n) is 15.5. The summed E-state index contributed by atoms with van der Waals surface area (Å²) in [5.41, 5.74) is -2.10. The standard InChI is InChI=1S/C42H63N3O22S2/c1-22(46)58-20-30-35(60-24(3)48)37(62-26(5)50)39(64-28(7)52)41(66-30)68-17-11-32(54)43-13-9-15-45(19-34(56)57)16-10-14-44-33(55)12-18-69-42-40(65-29(8)53)38(63-27(6)51)36(61-25(4)49)31(67-42)21-59-23(2)47/h30-31,35-42H,9-21H2,1-8H3,(H,43,54)(H,44,55)(H,56,57)/t30-,31-,35-,36-,37+,38+,39-,40-,41+,42+/m1/s1. The summed E-state index contributed by atoms with van der Waals surface area (Å²) in [6.07, 6.45) is -9.48. The molecular formula is C42H63N3O22S2. The van der Waals surface area contributed by atoms with Gasteiger partial charge in [-0.3, -0.25) is 57.6 Å². The van der Waals surface area contributed by atoms with Gasteiger partial charge in [0.15, 0.2) is 36.6 Å². The number of nitrogens with one attached hydrogen (secondary N) is 2. The van der Waals surface area contributed by atoms with E-state index in [9.17, 15) is 57.8 Å². The molecule has 0 aliphatic carbocycles. The Balaban J connectivity index is 1.91. The maximum Gasteiger partial charge on any atom is 0.317 e. The smallest absolute Gasteiger partial charge is 0.317 e. The number of hydrogen-bond donors (Lipinski definition) is 3. The normalized spacial score (nSPS) is 24.1. The number of nitrogens with zero attached hydrogens (tertiary/aromatic N) is 1. The van der Waals surface area contributed by atoms with Crippen LogP contribution in [0.5, 0.6) is 0 Å². The van der Waals surface area contributed by atoms with Crippen molar-refractivity contribution in [1.82, 2.24) is 15.5 Å². The van der Waals surface area contributed by atoms with Crippen LogP contribution in [0.1, 0.15) is 81.1 Å². The highest BCUT2D eigenvalue weighted by molar-refractivity contribution is 8.00. The van der Waals surface area contributed by atoms with Gasteiger partial charge in [-0.15, -0.1) is 23.5 Å². The molecule has 0 spiro atoms. The first-order valence-corrected chi connectivity index (χ1v) is 23.9. The Morgan fingerprint density at radius 1 is 0.478 bits per heavy atom. The number of rotatable bonds is 28. The maximum absolute atomic E-state index is 12.8. The molecule has 2 amide bonds. The quantitative estimate of drug-likeness (QED) is 0.0519. The number of ether oxygens (including phenoxy) is 10. The van der Waals surface area contributed by atoms with E-state index in [1.807, 2.05) is 0 Å². The molecule has 2 rings (SSSR count). The fourth-order valence-corrected chi connectivity index (χ4v) is 9.19. The summed E-state index contributed by atoms with van der Waals surface area (Å²) in [4.78, 5) is 134. The van der Waals surface area contributed by atoms with Crippen LogP contribution in [0.2, 0.25) is 0 Å². The van der Waals surface area contributed by atoms with Crippen LogP contribution in [0, 0.1) is 0 Å². The highest BCUT2D eigenvalue weighted by Gasteiger charge is 2.53. The van der Waals surface area contributed by atoms with Crippen molar-refractivity contribution in [2.45, 2.75) is 141 Å². The van der Waals surface area contributed by atoms with E-state index in [1.165, 1.54) is 0 Å². The third kappa shape index (κ3) is 23.7. The van der Waals surface area contributed by atoms with E-state index >= 15 is 0 Å². The maximum atomic E-state index is 12.8. The number of carbonyl (C=O) groups excluding carboxylic acids is 10. The molecule has 2 fully saturated rings. The molecule has 2 aliphatic heterocycles. The van der Waals surface area contributed by atoms with Gasteiger partial charge in [0.2, 0.25) is 11.8 Å². The lowest BCUT2D eigenvalue weighted by Crippen LogP contribution is -2.61. The minimum absolute atomic E-state index is 0.0447. The monoisotopic (exact) mass is 1030 g/mol. The first-order chi connectivity index (χ1) is 32.5. The number of carbonyl (C=O) groups is 11. The van der Waals surface area contributed by atoms with Crippen molar-refractivity contribution in [1.29, 1.82) is 0 Å². The zero-order valence-electron chi connectivity index (χ0n) is 39.8. The number of carboxylic acid groups (broad SMARTS) is 1. The van der Waals surface area contributed by atoms with Gasteiger partial charge in [-0.2, -0.15) is 0 Å².